The van der Waals surface area contributed by atoms with Gasteiger partial charge in [0, 0.05) is 41.8 Å². The number of hydrogen-bond donors (Lipinski definition) is 2. The molecule has 1 amide bonds. The van der Waals surface area contributed by atoms with Gasteiger partial charge in [0.2, 0.25) is 17.4 Å². The summed E-state index contributed by atoms with van der Waals surface area (Å²) in [6.45, 7) is 0.596. The standard InChI is InChI=1S/C33H38N4O7/c1-37-17-20(18-12-25(39-2)30(43-6)26(13-18)40-3)29(33(37)21-10-8-9-11-22(21)34-32(33)38)24-16-23(35-36-24)19-14-27(41-4)31(44-7)28(15-19)42-5/h8-15,20,23,29,35H,16-17H2,1-7H3,(H,34,38)/t20-,23?,29+,33-/m0/s1. The van der Waals surface area contributed by atoms with E-state index >= 15 is 0 Å². The molecule has 3 heterocycles. The van der Waals surface area contributed by atoms with Gasteiger partial charge in [-0.25, -0.2) is 0 Å². The SMILES string of the molecule is COc1cc(C2CC([C@H]3[C@H](c4cc(OC)c(OC)c(OC)c4)CN(C)[C@]34C(=O)Nc3ccccc34)=NN2)cc(OC)c1OC. The number of rotatable bonds is 9. The highest BCUT2D eigenvalue weighted by molar-refractivity contribution is 6.10. The van der Waals surface area contributed by atoms with Crippen LogP contribution in [0.2, 0.25) is 0 Å². The zero-order valence-electron chi connectivity index (χ0n) is 26.0. The van der Waals surface area contributed by atoms with Crippen molar-refractivity contribution >= 4 is 17.3 Å². The van der Waals surface area contributed by atoms with Gasteiger partial charge in [-0.1, -0.05) is 18.2 Å². The van der Waals surface area contributed by atoms with Crippen molar-refractivity contribution in [2.24, 2.45) is 11.0 Å². The van der Waals surface area contributed by atoms with Crippen molar-refractivity contribution in [2.45, 2.75) is 23.9 Å². The predicted octanol–water partition coefficient (Wildman–Crippen LogP) is 4.32. The first-order valence-corrected chi connectivity index (χ1v) is 14.4. The number of hydrogen-bond acceptors (Lipinski definition) is 10. The average molecular weight is 603 g/mol. The molecule has 0 saturated carbocycles. The van der Waals surface area contributed by atoms with E-state index < -0.39 is 5.54 Å². The third kappa shape index (κ3) is 4.29. The number of para-hydroxylation sites is 1. The number of methoxy groups -OCH3 is 6. The summed E-state index contributed by atoms with van der Waals surface area (Å²) >= 11 is 0. The molecule has 3 aliphatic rings. The van der Waals surface area contributed by atoms with E-state index in [2.05, 4.69) is 15.6 Å². The van der Waals surface area contributed by atoms with Crippen LogP contribution in [0.3, 0.4) is 0 Å². The Hall–Kier alpha value is -4.64. The van der Waals surface area contributed by atoms with Crippen molar-refractivity contribution in [1.82, 2.24) is 10.3 Å². The zero-order chi connectivity index (χ0) is 31.2. The molecule has 3 aromatic rings. The Morgan fingerprint density at radius 3 is 1.89 bits per heavy atom. The summed E-state index contributed by atoms with van der Waals surface area (Å²) in [6.07, 6.45) is 0.565. The molecule has 0 bridgehead atoms. The van der Waals surface area contributed by atoms with Crippen molar-refractivity contribution in [1.29, 1.82) is 0 Å². The number of likely N-dealkylation sites (N-methyl/N-ethyl adjacent to an activating group) is 1. The summed E-state index contributed by atoms with van der Waals surface area (Å²) in [4.78, 5) is 16.4. The number of ether oxygens (including phenoxy) is 6. The molecule has 44 heavy (non-hydrogen) atoms. The molecule has 1 saturated heterocycles. The fourth-order valence-electron chi connectivity index (χ4n) is 7.26. The predicted molar refractivity (Wildman–Crippen MR) is 166 cm³/mol. The molecule has 0 radical (unpaired) electrons. The number of carbonyl (C=O) groups is 1. The molecule has 2 N–H and O–H groups in total. The Morgan fingerprint density at radius 1 is 0.795 bits per heavy atom. The van der Waals surface area contributed by atoms with Crippen LogP contribution in [0, 0.1) is 5.92 Å². The lowest BCUT2D eigenvalue weighted by molar-refractivity contribution is -0.126. The van der Waals surface area contributed by atoms with E-state index in [1.165, 1.54) is 0 Å². The topological polar surface area (TPSA) is 112 Å². The molecule has 232 valence electrons. The van der Waals surface area contributed by atoms with E-state index in [9.17, 15) is 4.79 Å². The van der Waals surface area contributed by atoms with Gasteiger partial charge >= 0.3 is 0 Å². The summed E-state index contributed by atoms with van der Waals surface area (Å²) in [7, 11) is 11.6. The lowest BCUT2D eigenvalue weighted by Crippen LogP contribution is -2.51. The zero-order valence-corrected chi connectivity index (χ0v) is 26.0. The first-order chi connectivity index (χ1) is 21.4. The van der Waals surface area contributed by atoms with Crippen molar-refractivity contribution < 1.29 is 33.2 Å². The molecule has 1 spiro atoms. The molecule has 3 aromatic carbocycles. The van der Waals surface area contributed by atoms with Crippen molar-refractivity contribution in [2.75, 3.05) is 61.6 Å². The number of likely N-dealkylation sites (tertiary alicyclic amines) is 1. The van der Waals surface area contributed by atoms with E-state index in [1.54, 1.807) is 42.7 Å². The molecule has 11 heteroatoms. The van der Waals surface area contributed by atoms with Crippen LogP contribution in [0.4, 0.5) is 5.69 Å². The second-order valence-corrected chi connectivity index (χ2v) is 11.1. The van der Waals surface area contributed by atoms with E-state index in [4.69, 9.17) is 33.5 Å². The number of nitrogens with zero attached hydrogens (tertiary/aromatic N) is 2. The molecule has 1 unspecified atom stereocenters. The van der Waals surface area contributed by atoms with Gasteiger partial charge in [-0.15, -0.1) is 0 Å². The minimum atomic E-state index is -0.980. The number of fused-ring (bicyclic) bond motifs is 2. The van der Waals surface area contributed by atoms with Gasteiger partial charge in [-0.05, 0) is 48.5 Å². The number of nitrogens with one attached hydrogen (secondary N) is 2. The Labute approximate surface area is 257 Å². The summed E-state index contributed by atoms with van der Waals surface area (Å²) in [5.41, 5.74) is 6.90. The molecule has 0 aromatic heterocycles. The first-order valence-electron chi connectivity index (χ1n) is 14.4. The lowest BCUT2D eigenvalue weighted by atomic mass is 9.70. The van der Waals surface area contributed by atoms with Crippen LogP contribution in [-0.4, -0.2) is 72.8 Å². The van der Waals surface area contributed by atoms with Gasteiger partial charge in [-0.2, -0.15) is 5.10 Å². The Bertz CT molecular complexity index is 1580. The quantitative estimate of drug-likeness (QED) is 0.370. The monoisotopic (exact) mass is 602 g/mol. The van der Waals surface area contributed by atoms with Gasteiger partial charge in [0.25, 0.3) is 0 Å². The minimum absolute atomic E-state index is 0.0694. The smallest absolute Gasteiger partial charge is 0.250 e. The van der Waals surface area contributed by atoms with Gasteiger partial charge in [-0.3, -0.25) is 9.69 Å². The number of amides is 1. The maximum Gasteiger partial charge on any atom is 0.250 e. The van der Waals surface area contributed by atoms with Gasteiger partial charge in [0.1, 0.15) is 5.54 Å². The van der Waals surface area contributed by atoms with Crippen LogP contribution in [0.15, 0.2) is 53.6 Å². The van der Waals surface area contributed by atoms with Crippen molar-refractivity contribution in [3.63, 3.8) is 0 Å². The molecule has 3 aliphatic heterocycles. The van der Waals surface area contributed by atoms with Crippen molar-refractivity contribution in [3.8, 4) is 34.5 Å². The van der Waals surface area contributed by atoms with Gasteiger partial charge in [0.05, 0.1) is 48.7 Å². The Kier molecular flexibility index (Phi) is 7.66. The Morgan fingerprint density at radius 2 is 1.34 bits per heavy atom. The highest BCUT2D eigenvalue weighted by Gasteiger charge is 2.64. The third-order valence-electron chi connectivity index (χ3n) is 9.20. The number of benzene rings is 3. The van der Waals surface area contributed by atoms with Gasteiger partial charge in [0.15, 0.2) is 23.0 Å². The van der Waals surface area contributed by atoms with Crippen LogP contribution in [0.25, 0.3) is 0 Å². The van der Waals surface area contributed by atoms with Crippen LogP contribution in [-0.2, 0) is 10.3 Å². The van der Waals surface area contributed by atoms with E-state index in [-0.39, 0.29) is 23.8 Å². The normalized spacial score (nSPS) is 23.9. The van der Waals surface area contributed by atoms with E-state index in [1.807, 2.05) is 55.6 Å². The van der Waals surface area contributed by atoms with E-state index in [0.29, 0.717) is 47.5 Å². The van der Waals surface area contributed by atoms with Crippen LogP contribution in [0.5, 0.6) is 34.5 Å². The molecule has 11 nitrogen and oxygen atoms in total. The van der Waals surface area contributed by atoms with Crippen molar-refractivity contribution in [3.05, 3.63) is 65.2 Å². The second-order valence-electron chi connectivity index (χ2n) is 11.1. The third-order valence-corrected chi connectivity index (χ3v) is 9.20. The number of anilines is 1. The van der Waals surface area contributed by atoms with Crippen LogP contribution in [0.1, 0.15) is 35.1 Å². The van der Waals surface area contributed by atoms with Crippen LogP contribution < -0.4 is 39.2 Å². The van der Waals surface area contributed by atoms with E-state index in [0.717, 1.165) is 28.1 Å². The Balaban J connectivity index is 1.47. The maximum atomic E-state index is 14.2. The summed E-state index contributed by atoms with van der Waals surface area (Å²) in [5.74, 6) is 2.76. The fourth-order valence-corrected chi connectivity index (χ4v) is 7.26. The fraction of sp³-hybridized carbons (Fsp3) is 0.394. The molecule has 1 fully saturated rings. The second kappa shape index (κ2) is 11.5. The van der Waals surface area contributed by atoms with Gasteiger partial charge < -0.3 is 39.2 Å². The molecular formula is C33H38N4O7. The minimum Gasteiger partial charge on any atom is -0.493 e. The summed E-state index contributed by atoms with van der Waals surface area (Å²) in [6, 6.07) is 15.5. The lowest BCUT2D eigenvalue weighted by Gasteiger charge is -2.36. The highest BCUT2D eigenvalue weighted by atomic mass is 16.5. The first kappa shape index (κ1) is 29.4. The summed E-state index contributed by atoms with van der Waals surface area (Å²) in [5, 5.41) is 8.11. The number of hydrazone groups is 1. The largest absolute Gasteiger partial charge is 0.493 e. The highest BCUT2D eigenvalue weighted by Crippen LogP contribution is 2.57. The molecular weight excluding hydrogens is 564 g/mol. The maximum absolute atomic E-state index is 14.2. The summed E-state index contributed by atoms with van der Waals surface area (Å²) < 4.78 is 33.8. The number of carbonyl (C=O) groups excluding carboxylic acids is 1. The average Bonchev–Trinajstić information content (AvgIpc) is 3.74. The van der Waals surface area contributed by atoms with Crippen LogP contribution >= 0.6 is 0 Å². The molecule has 4 atom stereocenters. The molecule has 6 rings (SSSR count). The molecule has 0 aliphatic carbocycles.